The van der Waals surface area contributed by atoms with Crippen LogP contribution in [0.2, 0.25) is 0 Å². The van der Waals surface area contributed by atoms with E-state index in [1.165, 1.54) is 105 Å². The number of para-hydroxylation sites is 3. The molecule has 0 N–H and O–H groups in total. The third kappa shape index (κ3) is 5.33. The molecule has 4 heteroatoms. The molecule has 2 aliphatic heterocycles. The Morgan fingerprint density at radius 1 is 0.288 bits per heavy atom. The Balaban J connectivity index is 1.09. The Hall–Kier alpha value is -8.60. The maximum absolute atomic E-state index is 2.58. The van der Waals surface area contributed by atoms with E-state index in [-0.39, 0.29) is 6.71 Å². The van der Waals surface area contributed by atoms with Crippen molar-refractivity contribution in [3.05, 3.63) is 243 Å². The van der Waals surface area contributed by atoms with Gasteiger partial charge in [0.1, 0.15) is 0 Å². The molecule has 0 aliphatic carbocycles. The van der Waals surface area contributed by atoms with E-state index < -0.39 is 0 Å². The van der Waals surface area contributed by atoms with Crippen LogP contribution in [0, 0.1) is 0 Å². The highest BCUT2D eigenvalue weighted by atomic mass is 15.2. The highest BCUT2D eigenvalue weighted by Gasteiger charge is 2.44. The van der Waals surface area contributed by atoms with Crippen molar-refractivity contribution in [1.82, 2.24) is 4.57 Å². The lowest BCUT2D eigenvalue weighted by Gasteiger charge is -2.45. The predicted octanol–water partition coefficient (Wildman–Crippen LogP) is 14.5. The lowest BCUT2D eigenvalue weighted by Crippen LogP contribution is -2.61. The molecule has 3 nitrogen and oxygen atoms in total. The second kappa shape index (κ2) is 14.5. The average molecular weight is 838 g/mol. The third-order valence-corrected chi connectivity index (χ3v) is 14.1. The lowest BCUT2D eigenvalue weighted by atomic mass is 9.33. The summed E-state index contributed by atoms with van der Waals surface area (Å²) in [6, 6.07) is 89.8. The highest BCUT2D eigenvalue weighted by molar-refractivity contribution is 7.00. The number of hydrogen-bond donors (Lipinski definition) is 0. The van der Waals surface area contributed by atoms with E-state index in [9.17, 15) is 0 Å². The molecular weight excluding hydrogens is 798 g/mol. The molecule has 0 atom stereocenters. The van der Waals surface area contributed by atoms with Crippen LogP contribution in [0.5, 0.6) is 0 Å². The predicted molar refractivity (Wildman–Crippen MR) is 281 cm³/mol. The standard InChI is InChI=1S/C62H40BN3/c1-3-20-43(21-4-1)60-46-24-9-7-18-41(46)34-38-55(60)65-54-31-16-13-28-50(54)63-51-37-36-45(64-52-29-14-11-26-48(52)49-27-12-15-30-53(49)64)40-59(51)66(58-33-17-32-57(65)62(58)63)56-39-35-42-19-8-10-25-47(42)61(56)44-22-5-2-6-23-44/h1-40H. The topological polar surface area (TPSA) is 11.4 Å². The summed E-state index contributed by atoms with van der Waals surface area (Å²) in [5.41, 5.74) is 19.3. The molecule has 0 saturated heterocycles. The molecule has 2 aliphatic rings. The van der Waals surface area contributed by atoms with Crippen molar-refractivity contribution in [3.8, 4) is 27.9 Å². The van der Waals surface area contributed by atoms with Crippen molar-refractivity contribution in [1.29, 1.82) is 0 Å². The molecule has 306 valence electrons. The summed E-state index contributed by atoms with van der Waals surface area (Å²) >= 11 is 0. The normalized spacial score (nSPS) is 12.8. The zero-order valence-electron chi connectivity index (χ0n) is 36.0. The molecule has 66 heavy (non-hydrogen) atoms. The molecule has 0 spiro atoms. The minimum absolute atomic E-state index is 0.0247. The van der Waals surface area contributed by atoms with E-state index in [0.29, 0.717) is 0 Å². The number of rotatable bonds is 5. The number of hydrogen-bond acceptors (Lipinski definition) is 2. The van der Waals surface area contributed by atoms with Crippen LogP contribution in [0.4, 0.5) is 34.1 Å². The molecule has 1 aromatic heterocycles. The Morgan fingerprint density at radius 3 is 1.33 bits per heavy atom. The summed E-state index contributed by atoms with van der Waals surface area (Å²) in [6.07, 6.45) is 0. The van der Waals surface area contributed by atoms with Gasteiger partial charge in [-0.05, 0) is 104 Å². The van der Waals surface area contributed by atoms with Crippen molar-refractivity contribution in [2.75, 3.05) is 9.80 Å². The summed E-state index contributed by atoms with van der Waals surface area (Å²) in [4.78, 5) is 5.13. The van der Waals surface area contributed by atoms with E-state index in [1.54, 1.807) is 0 Å². The van der Waals surface area contributed by atoms with E-state index in [4.69, 9.17) is 0 Å². The van der Waals surface area contributed by atoms with Gasteiger partial charge in [-0.2, -0.15) is 0 Å². The molecule has 11 aromatic carbocycles. The first-order chi connectivity index (χ1) is 32.8. The van der Waals surface area contributed by atoms with Crippen LogP contribution >= 0.6 is 0 Å². The monoisotopic (exact) mass is 837 g/mol. The minimum atomic E-state index is -0.0247. The fourth-order valence-corrected chi connectivity index (χ4v) is 11.4. The van der Waals surface area contributed by atoms with Crippen molar-refractivity contribution >= 4 is 101 Å². The van der Waals surface area contributed by atoms with Gasteiger partial charge in [0.25, 0.3) is 6.71 Å². The van der Waals surface area contributed by atoms with Crippen LogP contribution in [0.1, 0.15) is 0 Å². The first-order valence-electron chi connectivity index (χ1n) is 22.9. The number of aromatic nitrogens is 1. The van der Waals surface area contributed by atoms with Crippen molar-refractivity contribution < 1.29 is 0 Å². The lowest BCUT2D eigenvalue weighted by molar-refractivity contribution is 1.17. The van der Waals surface area contributed by atoms with Crippen LogP contribution in [0.25, 0.3) is 71.3 Å². The molecular formula is C62H40BN3. The summed E-state index contributed by atoms with van der Waals surface area (Å²) in [6.45, 7) is -0.0247. The third-order valence-electron chi connectivity index (χ3n) is 14.1. The molecule has 3 heterocycles. The Morgan fingerprint density at radius 2 is 0.742 bits per heavy atom. The Kier molecular flexibility index (Phi) is 8.08. The average Bonchev–Trinajstić information content (AvgIpc) is 3.73. The van der Waals surface area contributed by atoms with Crippen LogP contribution in [-0.2, 0) is 0 Å². The maximum atomic E-state index is 2.58. The number of nitrogens with zero attached hydrogens (tertiary/aromatic N) is 3. The van der Waals surface area contributed by atoms with Crippen LogP contribution in [0.15, 0.2) is 243 Å². The largest absolute Gasteiger partial charge is 0.311 e. The van der Waals surface area contributed by atoms with Crippen molar-refractivity contribution in [2.24, 2.45) is 0 Å². The van der Waals surface area contributed by atoms with Gasteiger partial charge < -0.3 is 14.4 Å². The molecule has 0 amide bonds. The van der Waals surface area contributed by atoms with Crippen LogP contribution < -0.4 is 26.2 Å². The number of benzene rings is 11. The molecule has 0 bridgehead atoms. The fraction of sp³-hybridized carbons (Fsp3) is 0. The summed E-state index contributed by atoms with van der Waals surface area (Å²) in [5, 5.41) is 7.41. The second-order valence-electron chi connectivity index (χ2n) is 17.6. The quantitative estimate of drug-likeness (QED) is 0.160. The van der Waals surface area contributed by atoms with Gasteiger partial charge in [0.05, 0.1) is 22.4 Å². The Bertz CT molecular complexity index is 3860. The van der Waals surface area contributed by atoms with Crippen molar-refractivity contribution in [2.45, 2.75) is 0 Å². The molecule has 0 fully saturated rings. The first kappa shape index (κ1) is 36.8. The Labute approximate surface area is 383 Å². The van der Waals surface area contributed by atoms with E-state index >= 15 is 0 Å². The van der Waals surface area contributed by atoms with Gasteiger partial charge in [-0.25, -0.2) is 0 Å². The summed E-state index contributed by atoms with van der Waals surface area (Å²) < 4.78 is 2.45. The fourth-order valence-electron chi connectivity index (χ4n) is 11.4. The van der Waals surface area contributed by atoms with Crippen LogP contribution in [-0.4, -0.2) is 11.3 Å². The summed E-state index contributed by atoms with van der Waals surface area (Å²) in [7, 11) is 0. The van der Waals surface area contributed by atoms with Gasteiger partial charge in [-0.15, -0.1) is 0 Å². The van der Waals surface area contributed by atoms with Crippen molar-refractivity contribution in [3.63, 3.8) is 0 Å². The van der Waals surface area contributed by atoms with Gasteiger partial charge in [0, 0.05) is 50.3 Å². The zero-order valence-corrected chi connectivity index (χ0v) is 36.0. The van der Waals surface area contributed by atoms with Gasteiger partial charge in [-0.1, -0.05) is 188 Å². The molecule has 0 saturated carbocycles. The molecule has 0 unspecified atom stereocenters. The maximum Gasteiger partial charge on any atom is 0.252 e. The van der Waals surface area contributed by atoms with E-state index in [0.717, 1.165) is 17.1 Å². The van der Waals surface area contributed by atoms with Crippen LogP contribution in [0.3, 0.4) is 0 Å². The van der Waals surface area contributed by atoms with Gasteiger partial charge in [0.2, 0.25) is 0 Å². The molecule has 0 radical (unpaired) electrons. The number of anilines is 6. The number of fused-ring (bicyclic) bond motifs is 9. The first-order valence-corrected chi connectivity index (χ1v) is 22.9. The van der Waals surface area contributed by atoms with Gasteiger partial charge >= 0.3 is 0 Å². The minimum Gasteiger partial charge on any atom is -0.311 e. The SMILES string of the molecule is c1ccc(-c2c(N3c4ccccc4B4c5ccc(-n6c7ccccc7c7ccccc76)cc5N(c5ccc6ccccc6c5-c5ccccc5)c5cccc3c54)ccc3ccccc23)cc1. The molecule has 14 rings (SSSR count). The van der Waals surface area contributed by atoms with E-state index in [1.807, 2.05) is 0 Å². The van der Waals surface area contributed by atoms with E-state index in [2.05, 4.69) is 257 Å². The van der Waals surface area contributed by atoms with Gasteiger partial charge in [-0.3, -0.25) is 0 Å². The zero-order chi connectivity index (χ0) is 43.3. The van der Waals surface area contributed by atoms with Gasteiger partial charge in [0.15, 0.2) is 0 Å². The second-order valence-corrected chi connectivity index (χ2v) is 17.6. The highest BCUT2D eigenvalue weighted by Crippen LogP contribution is 2.50. The molecule has 12 aromatic rings. The smallest absolute Gasteiger partial charge is 0.252 e. The summed E-state index contributed by atoms with van der Waals surface area (Å²) in [5.74, 6) is 0.